The number of carbonyl (C=O) groups excluding carboxylic acids is 1. The molecule has 28 heavy (non-hydrogen) atoms. The number of nitrogens with zero attached hydrogens (tertiary/aromatic N) is 3. The zero-order chi connectivity index (χ0) is 19.6. The molecule has 0 saturated carbocycles. The van der Waals surface area contributed by atoms with E-state index in [1.165, 1.54) is 4.88 Å². The fourth-order valence-corrected chi connectivity index (χ4v) is 3.56. The van der Waals surface area contributed by atoms with Crippen molar-refractivity contribution in [3.05, 3.63) is 57.8 Å². The Hall–Kier alpha value is -1.61. The van der Waals surface area contributed by atoms with Gasteiger partial charge >= 0.3 is 0 Å². The van der Waals surface area contributed by atoms with Crippen LogP contribution in [0.3, 0.4) is 0 Å². The largest absolute Gasteiger partial charge is 0.352 e. The molecule has 0 radical (unpaired) electrons. The van der Waals surface area contributed by atoms with Crippen molar-refractivity contribution in [2.45, 2.75) is 26.8 Å². The molecule has 1 heterocycles. The summed E-state index contributed by atoms with van der Waals surface area (Å²) in [7, 11) is 3.85. The minimum Gasteiger partial charge on any atom is -0.352 e. The van der Waals surface area contributed by atoms with E-state index in [1.807, 2.05) is 43.0 Å². The van der Waals surface area contributed by atoms with Crippen molar-refractivity contribution in [3.8, 4) is 0 Å². The van der Waals surface area contributed by atoms with Gasteiger partial charge in [-0.15, -0.1) is 35.3 Å². The summed E-state index contributed by atoms with van der Waals surface area (Å²) in [6, 6.07) is 12.1. The Bertz CT molecular complexity index is 727. The Morgan fingerprint density at radius 2 is 1.82 bits per heavy atom. The van der Waals surface area contributed by atoms with Crippen LogP contribution in [0.25, 0.3) is 0 Å². The number of guanidine groups is 1. The van der Waals surface area contributed by atoms with Crippen molar-refractivity contribution >= 4 is 47.2 Å². The van der Waals surface area contributed by atoms with Crippen molar-refractivity contribution in [2.24, 2.45) is 4.99 Å². The average molecular weight is 514 g/mol. The number of benzene rings is 1. The molecule has 5 nitrogen and oxygen atoms in total. The Morgan fingerprint density at radius 3 is 2.36 bits per heavy atom. The number of carbonyl (C=O) groups is 1. The molecule has 0 aliphatic heterocycles. The van der Waals surface area contributed by atoms with E-state index in [4.69, 9.17) is 0 Å². The van der Waals surface area contributed by atoms with E-state index < -0.39 is 0 Å². The highest BCUT2D eigenvalue weighted by Crippen LogP contribution is 2.10. The van der Waals surface area contributed by atoms with Gasteiger partial charge in [0.05, 0.1) is 0 Å². The van der Waals surface area contributed by atoms with Crippen LogP contribution >= 0.6 is 35.3 Å². The van der Waals surface area contributed by atoms with Crippen molar-refractivity contribution < 1.29 is 4.79 Å². The van der Waals surface area contributed by atoms with E-state index in [0.717, 1.165) is 43.1 Å². The summed E-state index contributed by atoms with van der Waals surface area (Å²) in [4.78, 5) is 22.1. The first-order valence-electron chi connectivity index (χ1n) is 9.41. The lowest BCUT2D eigenvalue weighted by Gasteiger charge is -2.22. The highest BCUT2D eigenvalue weighted by atomic mass is 127. The van der Waals surface area contributed by atoms with Gasteiger partial charge in [-0.3, -0.25) is 9.79 Å². The van der Waals surface area contributed by atoms with Crippen LogP contribution in [-0.4, -0.2) is 55.4 Å². The Kier molecular flexibility index (Phi) is 11.1. The maximum atomic E-state index is 12.4. The van der Waals surface area contributed by atoms with E-state index in [2.05, 4.69) is 39.8 Å². The highest BCUT2D eigenvalue weighted by Gasteiger charge is 2.12. The number of aliphatic imine (C=N–C) groups is 1. The van der Waals surface area contributed by atoms with Crippen LogP contribution in [0.1, 0.15) is 34.6 Å². The minimum atomic E-state index is 0. The summed E-state index contributed by atoms with van der Waals surface area (Å²) in [5.74, 6) is 0.957. The normalized spacial score (nSPS) is 10.9. The number of amides is 1. The third-order valence-corrected chi connectivity index (χ3v) is 5.49. The molecule has 0 aliphatic carbocycles. The molecule has 1 N–H and O–H groups in total. The third kappa shape index (κ3) is 7.09. The van der Waals surface area contributed by atoms with Crippen LogP contribution in [0.4, 0.5) is 0 Å². The number of hydrogen-bond acceptors (Lipinski definition) is 3. The first-order valence-corrected chi connectivity index (χ1v) is 10.3. The van der Waals surface area contributed by atoms with Crippen molar-refractivity contribution in [1.29, 1.82) is 0 Å². The van der Waals surface area contributed by atoms with Crippen LogP contribution in [0, 0.1) is 0 Å². The molecule has 1 aromatic carbocycles. The molecule has 0 bridgehead atoms. The summed E-state index contributed by atoms with van der Waals surface area (Å²) in [6.07, 6.45) is 1.01. The number of rotatable bonds is 8. The zero-order valence-corrected chi connectivity index (χ0v) is 20.3. The van der Waals surface area contributed by atoms with Crippen molar-refractivity contribution in [1.82, 2.24) is 15.1 Å². The van der Waals surface area contributed by atoms with Crippen molar-refractivity contribution in [3.63, 3.8) is 0 Å². The molecule has 0 saturated heterocycles. The van der Waals surface area contributed by atoms with Gasteiger partial charge in [0.15, 0.2) is 5.96 Å². The van der Waals surface area contributed by atoms with Gasteiger partial charge in [-0.2, -0.15) is 0 Å². The lowest BCUT2D eigenvalue weighted by atomic mass is 10.1. The predicted molar refractivity (Wildman–Crippen MR) is 130 cm³/mol. The standard InChI is InChI=1S/C21H30N4OS.HI/c1-5-25(6-2)20(26)18-11-9-17(10-12-18)16-23-21(22-3)24(4)14-13-19-8-7-15-27-19;/h7-12,15H,5-6,13-14,16H2,1-4H3,(H,22,23);1H. The minimum absolute atomic E-state index is 0. The maximum Gasteiger partial charge on any atom is 0.253 e. The molecule has 0 fully saturated rings. The fraction of sp³-hybridized carbons (Fsp3) is 0.429. The molecular weight excluding hydrogens is 483 g/mol. The van der Waals surface area contributed by atoms with Gasteiger partial charge in [-0.25, -0.2) is 0 Å². The Labute approximate surface area is 189 Å². The predicted octanol–water partition coefficient (Wildman–Crippen LogP) is 4.10. The monoisotopic (exact) mass is 514 g/mol. The highest BCUT2D eigenvalue weighted by molar-refractivity contribution is 14.0. The van der Waals surface area contributed by atoms with Gasteiger partial charge in [0.25, 0.3) is 5.91 Å². The molecule has 7 heteroatoms. The van der Waals surface area contributed by atoms with Crippen LogP contribution in [0.5, 0.6) is 0 Å². The fourth-order valence-electron chi connectivity index (χ4n) is 2.86. The summed E-state index contributed by atoms with van der Waals surface area (Å²) >= 11 is 1.79. The van der Waals surface area contributed by atoms with Gasteiger partial charge < -0.3 is 15.1 Å². The molecule has 0 atom stereocenters. The molecule has 1 amide bonds. The van der Waals surface area contributed by atoms with Crippen LogP contribution < -0.4 is 5.32 Å². The van der Waals surface area contributed by atoms with Gasteiger partial charge in [0.2, 0.25) is 0 Å². The van der Waals surface area contributed by atoms with Gasteiger partial charge in [-0.05, 0) is 49.4 Å². The second kappa shape index (κ2) is 12.8. The molecule has 0 aliphatic rings. The van der Waals surface area contributed by atoms with E-state index in [1.54, 1.807) is 18.4 Å². The second-order valence-electron chi connectivity index (χ2n) is 6.33. The van der Waals surface area contributed by atoms with E-state index >= 15 is 0 Å². The molecule has 0 unspecified atom stereocenters. The van der Waals surface area contributed by atoms with Crippen LogP contribution in [0.2, 0.25) is 0 Å². The smallest absolute Gasteiger partial charge is 0.253 e. The Morgan fingerprint density at radius 1 is 1.14 bits per heavy atom. The van der Waals surface area contributed by atoms with Gasteiger partial charge in [-0.1, -0.05) is 18.2 Å². The zero-order valence-electron chi connectivity index (χ0n) is 17.1. The van der Waals surface area contributed by atoms with Crippen LogP contribution in [0.15, 0.2) is 46.8 Å². The van der Waals surface area contributed by atoms with Gasteiger partial charge in [0.1, 0.15) is 0 Å². The SMILES string of the molecule is CCN(CC)C(=O)c1ccc(CNC(=NC)N(C)CCc2cccs2)cc1.I. The topological polar surface area (TPSA) is 47.9 Å². The van der Waals surface area contributed by atoms with Crippen LogP contribution in [-0.2, 0) is 13.0 Å². The number of thiophene rings is 1. The van der Waals surface area contributed by atoms with E-state index in [0.29, 0.717) is 6.54 Å². The number of halogens is 1. The maximum absolute atomic E-state index is 12.4. The second-order valence-corrected chi connectivity index (χ2v) is 7.36. The first kappa shape index (κ1) is 24.4. The summed E-state index contributed by atoms with van der Waals surface area (Å²) < 4.78 is 0. The summed E-state index contributed by atoms with van der Waals surface area (Å²) in [6.45, 7) is 7.05. The van der Waals surface area contributed by atoms with E-state index in [9.17, 15) is 4.79 Å². The lowest BCUT2D eigenvalue weighted by molar-refractivity contribution is 0.0773. The lowest BCUT2D eigenvalue weighted by Crippen LogP contribution is -2.39. The number of likely N-dealkylation sites (N-methyl/N-ethyl adjacent to an activating group) is 1. The third-order valence-electron chi connectivity index (χ3n) is 4.55. The average Bonchev–Trinajstić information content (AvgIpc) is 3.22. The number of hydrogen-bond donors (Lipinski definition) is 1. The summed E-state index contributed by atoms with van der Waals surface area (Å²) in [5, 5.41) is 5.50. The summed E-state index contributed by atoms with van der Waals surface area (Å²) in [5.41, 5.74) is 1.86. The van der Waals surface area contributed by atoms with E-state index in [-0.39, 0.29) is 29.9 Å². The first-order chi connectivity index (χ1) is 13.1. The Balaban J connectivity index is 0.00000392. The van der Waals surface area contributed by atoms with Gasteiger partial charge in [0, 0.05) is 50.7 Å². The number of nitrogens with one attached hydrogen (secondary N) is 1. The molecule has 1 aromatic heterocycles. The quantitative estimate of drug-likeness (QED) is 0.328. The molecular formula is C21H31IN4OS. The molecule has 2 aromatic rings. The molecule has 154 valence electrons. The molecule has 0 spiro atoms. The van der Waals surface area contributed by atoms with Crippen molar-refractivity contribution in [2.75, 3.05) is 33.7 Å². The molecule has 2 rings (SSSR count).